The molecule has 62 valence electrons. The maximum absolute atomic E-state index is 3.70. The van der Waals surface area contributed by atoms with Crippen LogP contribution in [0.3, 0.4) is 0 Å². The molecule has 0 fully saturated rings. The summed E-state index contributed by atoms with van der Waals surface area (Å²) in [7, 11) is 1.74. The molecule has 0 saturated heterocycles. The van der Waals surface area contributed by atoms with Crippen molar-refractivity contribution in [2.45, 2.75) is 13.8 Å². The predicted molar refractivity (Wildman–Crippen MR) is 46.1 cm³/mol. The molecule has 0 aromatic rings. The van der Waals surface area contributed by atoms with Crippen LogP contribution in [-0.4, -0.2) is 18.3 Å². The van der Waals surface area contributed by atoms with Crippen LogP contribution in [-0.2, 0) is 0 Å². The molecule has 4 heteroatoms. The van der Waals surface area contributed by atoms with Gasteiger partial charge in [0.2, 0.25) is 0 Å². The summed E-state index contributed by atoms with van der Waals surface area (Å²) in [5.74, 6) is 0.406. The van der Waals surface area contributed by atoms with Gasteiger partial charge in [0.05, 0.1) is 0 Å². The van der Waals surface area contributed by atoms with Gasteiger partial charge in [-0.25, -0.2) is 0 Å². The Kier molecular flexibility index (Phi) is 4.98. The van der Waals surface area contributed by atoms with Crippen molar-refractivity contribution in [3.8, 4) is 0 Å². The Morgan fingerprint density at radius 1 is 1.45 bits per heavy atom. The van der Waals surface area contributed by atoms with Crippen LogP contribution in [0.5, 0.6) is 0 Å². The summed E-state index contributed by atoms with van der Waals surface area (Å²) in [6.45, 7) is 7.54. The van der Waals surface area contributed by atoms with Crippen molar-refractivity contribution in [2.24, 2.45) is 21.5 Å². The largest absolute Gasteiger partial charge is 0.256 e. The molecule has 0 spiro atoms. The lowest BCUT2D eigenvalue weighted by Gasteiger charge is -1.98. The monoisotopic (exact) mass is 154 g/mol. The highest BCUT2D eigenvalue weighted by atomic mass is 15.6. The van der Waals surface area contributed by atoms with Crippen molar-refractivity contribution in [1.29, 1.82) is 0 Å². The van der Waals surface area contributed by atoms with E-state index in [0.717, 1.165) is 0 Å². The van der Waals surface area contributed by atoms with Crippen molar-refractivity contribution < 1.29 is 0 Å². The molecule has 0 radical (unpaired) electrons. The van der Waals surface area contributed by atoms with E-state index in [0.29, 0.717) is 5.92 Å². The minimum atomic E-state index is 0.406. The molecule has 0 aromatic heterocycles. The highest BCUT2D eigenvalue weighted by Gasteiger charge is 1.82. The minimum absolute atomic E-state index is 0.406. The van der Waals surface area contributed by atoms with Gasteiger partial charge in [0.15, 0.2) is 0 Å². The third-order valence-electron chi connectivity index (χ3n) is 0.862. The third kappa shape index (κ3) is 6.70. The first-order valence-corrected chi connectivity index (χ1v) is 3.46. The molecule has 0 aliphatic heterocycles. The molecule has 0 saturated carbocycles. The summed E-state index contributed by atoms with van der Waals surface area (Å²) < 4.78 is 0. The highest BCUT2D eigenvalue weighted by Crippen LogP contribution is 1.88. The van der Waals surface area contributed by atoms with Crippen LogP contribution in [0.4, 0.5) is 0 Å². The third-order valence-corrected chi connectivity index (χ3v) is 0.862. The second kappa shape index (κ2) is 5.58. The van der Waals surface area contributed by atoms with Gasteiger partial charge in [0.1, 0.15) is 0 Å². The molecular weight excluding hydrogens is 140 g/mol. The topological polar surface area (TPSA) is 40.3 Å². The van der Waals surface area contributed by atoms with Gasteiger partial charge in [-0.05, 0) is 16.4 Å². The van der Waals surface area contributed by atoms with Crippen LogP contribution in [0, 0.1) is 5.92 Å². The van der Waals surface area contributed by atoms with E-state index in [9.17, 15) is 0 Å². The van der Waals surface area contributed by atoms with Gasteiger partial charge in [-0.3, -0.25) is 5.01 Å². The first kappa shape index (κ1) is 9.81. The number of hydrogen-bond acceptors (Lipinski definition) is 2. The van der Waals surface area contributed by atoms with E-state index in [4.69, 9.17) is 0 Å². The SMILES string of the molecule is C=CN(C)/N=N\N=C\C(C)C. The Bertz CT molecular complexity index is 160. The van der Waals surface area contributed by atoms with E-state index in [1.54, 1.807) is 19.5 Å². The van der Waals surface area contributed by atoms with Crippen molar-refractivity contribution in [3.63, 3.8) is 0 Å². The van der Waals surface area contributed by atoms with Gasteiger partial charge in [-0.15, -0.1) is 5.10 Å². The molecule has 0 rings (SSSR count). The Hall–Kier alpha value is -1.19. The first-order valence-electron chi connectivity index (χ1n) is 3.46. The van der Waals surface area contributed by atoms with E-state index < -0.39 is 0 Å². The predicted octanol–water partition coefficient (Wildman–Crippen LogP) is 2.07. The normalized spacial score (nSPS) is 11.6. The number of rotatable bonds is 4. The van der Waals surface area contributed by atoms with Gasteiger partial charge in [0, 0.05) is 19.5 Å². The molecule has 0 bridgehead atoms. The molecule has 0 aliphatic carbocycles. The standard InChI is InChI=1S/C7H14N4/c1-5-11(4)10-9-8-6-7(2)3/h5-7H,1H2,2-4H3/b8-6+,10-9-. The Morgan fingerprint density at radius 3 is 2.55 bits per heavy atom. The van der Waals surface area contributed by atoms with Crippen molar-refractivity contribution in [3.05, 3.63) is 12.8 Å². The fourth-order valence-corrected chi connectivity index (χ4v) is 0.286. The van der Waals surface area contributed by atoms with E-state index in [-0.39, 0.29) is 0 Å². The van der Waals surface area contributed by atoms with Gasteiger partial charge < -0.3 is 0 Å². The van der Waals surface area contributed by atoms with Crippen LogP contribution < -0.4 is 0 Å². The molecule has 0 aromatic carbocycles. The van der Waals surface area contributed by atoms with Gasteiger partial charge >= 0.3 is 0 Å². The molecule has 4 nitrogen and oxygen atoms in total. The second-order valence-corrected chi connectivity index (χ2v) is 2.44. The summed E-state index contributed by atoms with van der Waals surface area (Å²) in [5, 5.41) is 12.4. The van der Waals surface area contributed by atoms with Gasteiger partial charge in [-0.1, -0.05) is 20.4 Å². The second-order valence-electron chi connectivity index (χ2n) is 2.44. The smallest absolute Gasteiger partial charge is 0.0314 e. The molecule has 0 heterocycles. The minimum Gasteiger partial charge on any atom is -0.256 e. The van der Waals surface area contributed by atoms with Crippen LogP contribution in [0.2, 0.25) is 0 Å². The lowest BCUT2D eigenvalue weighted by Crippen LogP contribution is -1.97. The summed E-state index contributed by atoms with van der Waals surface area (Å²) in [6.07, 6.45) is 3.27. The highest BCUT2D eigenvalue weighted by molar-refractivity contribution is 5.59. The van der Waals surface area contributed by atoms with E-state index in [1.807, 2.05) is 13.8 Å². The zero-order chi connectivity index (χ0) is 8.69. The summed E-state index contributed by atoms with van der Waals surface area (Å²) in [5.41, 5.74) is 0. The zero-order valence-corrected chi connectivity index (χ0v) is 7.23. The van der Waals surface area contributed by atoms with Crippen molar-refractivity contribution >= 4 is 6.21 Å². The molecule has 0 unspecified atom stereocenters. The average molecular weight is 154 g/mol. The van der Waals surface area contributed by atoms with Crippen LogP contribution in [0.1, 0.15) is 13.8 Å². The Balaban J connectivity index is 3.67. The molecule has 0 atom stereocenters. The molecule has 11 heavy (non-hydrogen) atoms. The van der Waals surface area contributed by atoms with E-state index in [2.05, 4.69) is 22.1 Å². The molecule has 0 amide bonds. The van der Waals surface area contributed by atoms with Gasteiger partial charge in [-0.2, -0.15) is 0 Å². The Labute approximate surface area is 67.3 Å². The molecule has 0 N–H and O–H groups in total. The maximum Gasteiger partial charge on any atom is 0.0314 e. The van der Waals surface area contributed by atoms with Crippen LogP contribution in [0.15, 0.2) is 28.3 Å². The molecule has 0 aliphatic rings. The van der Waals surface area contributed by atoms with Gasteiger partial charge in [0.25, 0.3) is 0 Å². The first-order chi connectivity index (χ1) is 5.16. The van der Waals surface area contributed by atoms with Crippen molar-refractivity contribution in [2.75, 3.05) is 7.05 Å². The molecular formula is C7H14N4. The average Bonchev–Trinajstić information content (AvgIpc) is 1.97. The van der Waals surface area contributed by atoms with Crippen molar-refractivity contribution in [1.82, 2.24) is 5.01 Å². The summed E-state index contributed by atoms with van der Waals surface area (Å²) in [6, 6.07) is 0. The summed E-state index contributed by atoms with van der Waals surface area (Å²) >= 11 is 0. The summed E-state index contributed by atoms with van der Waals surface area (Å²) in [4.78, 5) is 0. The maximum atomic E-state index is 3.70. The zero-order valence-electron chi connectivity index (χ0n) is 7.23. The van der Waals surface area contributed by atoms with E-state index >= 15 is 0 Å². The van der Waals surface area contributed by atoms with E-state index in [1.165, 1.54) is 5.01 Å². The van der Waals surface area contributed by atoms with Crippen LogP contribution >= 0.6 is 0 Å². The quantitative estimate of drug-likeness (QED) is 0.347. The number of nitrogens with zero attached hydrogens (tertiary/aromatic N) is 4. The number of hydrogen-bond donors (Lipinski definition) is 0. The lowest BCUT2D eigenvalue weighted by molar-refractivity contribution is 0.449. The Morgan fingerprint density at radius 2 is 2.09 bits per heavy atom. The fraction of sp³-hybridized carbons (Fsp3) is 0.571. The fourth-order valence-electron chi connectivity index (χ4n) is 0.286. The lowest BCUT2D eigenvalue weighted by atomic mass is 10.3. The van der Waals surface area contributed by atoms with Crippen LogP contribution in [0.25, 0.3) is 0 Å².